The number of amides is 1. The predicted molar refractivity (Wildman–Crippen MR) is 91.6 cm³/mol. The number of carbonyl (C=O) groups excluding carboxylic acids is 1. The standard InChI is InChI=1S/C17H17N5O4/c1-11-16(22(24)25)12(2)21(20-11)10-14-6-7-15(26-14)17(23)19-9-13-5-3-4-8-18-13/h3-8H,9-10H2,1-2H3,(H,19,23). The van der Waals surface area contributed by atoms with Gasteiger partial charge < -0.3 is 9.73 Å². The number of hydrogen-bond acceptors (Lipinski definition) is 6. The molecule has 0 atom stereocenters. The van der Waals surface area contributed by atoms with Gasteiger partial charge in [0.05, 0.1) is 23.7 Å². The van der Waals surface area contributed by atoms with Gasteiger partial charge in [-0.15, -0.1) is 0 Å². The van der Waals surface area contributed by atoms with Gasteiger partial charge in [-0.2, -0.15) is 5.10 Å². The average Bonchev–Trinajstić information content (AvgIpc) is 3.18. The number of nitro groups is 1. The van der Waals surface area contributed by atoms with Crippen LogP contribution in [0, 0.1) is 24.0 Å². The van der Waals surface area contributed by atoms with Crippen LogP contribution >= 0.6 is 0 Å². The van der Waals surface area contributed by atoms with Gasteiger partial charge in [0.2, 0.25) is 0 Å². The van der Waals surface area contributed by atoms with Crippen LogP contribution in [0.4, 0.5) is 5.69 Å². The minimum atomic E-state index is -0.452. The third-order valence-electron chi connectivity index (χ3n) is 3.87. The van der Waals surface area contributed by atoms with Crippen LogP contribution in [-0.4, -0.2) is 25.6 Å². The van der Waals surface area contributed by atoms with Crippen molar-refractivity contribution in [1.29, 1.82) is 0 Å². The van der Waals surface area contributed by atoms with Crippen molar-refractivity contribution in [3.8, 4) is 0 Å². The molecule has 3 aromatic rings. The second kappa shape index (κ2) is 7.18. The van der Waals surface area contributed by atoms with Crippen molar-refractivity contribution in [3.05, 3.63) is 75.2 Å². The Hall–Kier alpha value is -3.49. The van der Waals surface area contributed by atoms with Crippen LogP contribution in [-0.2, 0) is 13.1 Å². The van der Waals surface area contributed by atoms with E-state index in [1.54, 1.807) is 38.2 Å². The van der Waals surface area contributed by atoms with Crippen LogP contribution in [0.5, 0.6) is 0 Å². The summed E-state index contributed by atoms with van der Waals surface area (Å²) in [5, 5.41) is 17.9. The SMILES string of the molecule is Cc1nn(Cc2ccc(C(=O)NCc3ccccn3)o2)c(C)c1[N+](=O)[O-]. The zero-order chi connectivity index (χ0) is 18.7. The molecular weight excluding hydrogens is 338 g/mol. The van der Waals surface area contributed by atoms with E-state index >= 15 is 0 Å². The average molecular weight is 355 g/mol. The second-order valence-electron chi connectivity index (χ2n) is 5.70. The molecule has 0 aromatic carbocycles. The largest absolute Gasteiger partial charge is 0.454 e. The number of furan rings is 1. The molecule has 0 aliphatic heterocycles. The van der Waals surface area contributed by atoms with E-state index in [1.165, 1.54) is 4.68 Å². The highest BCUT2D eigenvalue weighted by atomic mass is 16.6. The number of hydrogen-bond donors (Lipinski definition) is 1. The molecule has 3 rings (SSSR count). The molecule has 0 spiro atoms. The molecule has 26 heavy (non-hydrogen) atoms. The fraction of sp³-hybridized carbons (Fsp3) is 0.235. The minimum Gasteiger partial charge on any atom is -0.454 e. The lowest BCUT2D eigenvalue weighted by Crippen LogP contribution is -2.22. The van der Waals surface area contributed by atoms with Crippen LogP contribution in [0.25, 0.3) is 0 Å². The van der Waals surface area contributed by atoms with E-state index in [0.29, 0.717) is 23.7 Å². The summed E-state index contributed by atoms with van der Waals surface area (Å²) in [5.74, 6) is 0.279. The summed E-state index contributed by atoms with van der Waals surface area (Å²) in [6, 6.07) is 8.66. The smallest absolute Gasteiger partial charge is 0.312 e. The molecule has 0 unspecified atom stereocenters. The molecule has 3 aromatic heterocycles. The number of aromatic nitrogens is 3. The van der Waals surface area contributed by atoms with E-state index in [9.17, 15) is 14.9 Å². The minimum absolute atomic E-state index is 0.00937. The Balaban J connectivity index is 1.67. The summed E-state index contributed by atoms with van der Waals surface area (Å²) < 4.78 is 7.03. The van der Waals surface area contributed by atoms with Crippen LogP contribution in [0.3, 0.4) is 0 Å². The fourth-order valence-electron chi connectivity index (χ4n) is 2.60. The first-order chi connectivity index (χ1) is 12.5. The van der Waals surface area contributed by atoms with Crippen molar-refractivity contribution in [2.24, 2.45) is 0 Å². The number of aryl methyl sites for hydroxylation is 1. The van der Waals surface area contributed by atoms with Gasteiger partial charge in [0, 0.05) is 6.20 Å². The lowest BCUT2D eigenvalue weighted by molar-refractivity contribution is -0.386. The molecule has 0 bridgehead atoms. The summed E-state index contributed by atoms with van der Waals surface area (Å²) in [7, 11) is 0. The molecule has 1 amide bonds. The normalized spacial score (nSPS) is 10.7. The summed E-state index contributed by atoms with van der Waals surface area (Å²) in [5.41, 5.74) is 1.50. The zero-order valence-corrected chi connectivity index (χ0v) is 14.3. The molecule has 0 fully saturated rings. The monoisotopic (exact) mass is 355 g/mol. The van der Waals surface area contributed by atoms with Gasteiger partial charge in [-0.3, -0.25) is 24.6 Å². The van der Waals surface area contributed by atoms with Gasteiger partial charge in [-0.05, 0) is 38.1 Å². The van der Waals surface area contributed by atoms with Crippen molar-refractivity contribution in [3.63, 3.8) is 0 Å². The number of nitrogens with zero attached hydrogens (tertiary/aromatic N) is 4. The summed E-state index contributed by atoms with van der Waals surface area (Å²) >= 11 is 0. The lowest BCUT2D eigenvalue weighted by atomic mass is 10.3. The molecular formula is C17H17N5O4. The molecule has 3 heterocycles. The van der Waals surface area contributed by atoms with Gasteiger partial charge in [0.1, 0.15) is 17.1 Å². The molecule has 0 radical (unpaired) electrons. The molecule has 1 N–H and O–H groups in total. The first-order valence-electron chi connectivity index (χ1n) is 7.91. The number of rotatable bonds is 6. The van der Waals surface area contributed by atoms with Crippen molar-refractivity contribution >= 4 is 11.6 Å². The maximum atomic E-state index is 12.2. The Morgan fingerprint density at radius 3 is 2.77 bits per heavy atom. The van der Waals surface area contributed by atoms with Crippen LogP contribution in [0.2, 0.25) is 0 Å². The summed E-state index contributed by atoms with van der Waals surface area (Å²) in [6.45, 7) is 3.70. The van der Waals surface area contributed by atoms with Gasteiger partial charge >= 0.3 is 5.69 Å². The van der Waals surface area contributed by atoms with Crippen molar-refractivity contribution in [2.45, 2.75) is 26.9 Å². The fourth-order valence-corrected chi connectivity index (χ4v) is 2.60. The van der Waals surface area contributed by atoms with Crippen molar-refractivity contribution in [2.75, 3.05) is 0 Å². The number of nitrogens with one attached hydrogen (secondary N) is 1. The van der Waals surface area contributed by atoms with Gasteiger partial charge in [0.25, 0.3) is 5.91 Å². The topological polar surface area (TPSA) is 116 Å². The molecule has 0 aliphatic carbocycles. The van der Waals surface area contributed by atoms with E-state index < -0.39 is 4.92 Å². The van der Waals surface area contributed by atoms with Crippen LogP contribution in [0.1, 0.15) is 33.4 Å². The quantitative estimate of drug-likeness (QED) is 0.536. The molecule has 134 valence electrons. The third kappa shape index (κ3) is 3.61. The van der Waals surface area contributed by atoms with E-state index in [1.807, 2.05) is 12.1 Å². The Morgan fingerprint density at radius 2 is 2.12 bits per heavy atom. The highest BCUT2D eigenvalue weighted by Gasteiger charge is 2.22. The maximum Gasteiger partial charge on any atom is 0.312 e. The number of carbonyl (C=O) groups is 1. The van der Waals surface area contributed by atoms with E-state index in [2.05, 4.69) is 15.4 Å². The van der Waals surface area contributed by atoms with E-state index in [0.717, 1.165) is 5.69 Å². The second-order valence-corrected chi connectivity index (χ2v) is 5.70. The molecule has 0 saturated carbocycles. The Labute approximate surface area is 148 Å². The van der Waals surface area contributed by atoms with Gasteiger partial charge in [0.15, 0.2) is 5.76 Å². The van der Waals surface area contributed by atoms with Crippen molar-refractivity contribution in [1.82, 2.24) is 20.1 Å². The first-order valence-corrected chi connectivity index (χ1v) is 7.91. The Morgan fingerprint density at radius 1 is 1.31 bits per heavy atom. The summed E-state index contributed by atoms with van der Waals surface area (Å²) in [6.07, 6.45) is 1.65. The third-order valence-corrected chi connectivity index (χ3v) is 3.87. The zero-order valence-electron chi connectivity index (χ0n) is 14.3. The highest BCUT2D eigenvalue weighted by Crippen LogP contribution is 2.23. The van der Waals surface area contributed by atoms with E-state index in [-0.39, 0.29) is 23.9 Å². The van der Waals surface area contributed by atoms with Gasteiger partial charge in [-0.1, -0.05) is 6.07 Å². The lowest BCUT2D eigenvalue weighted by Gasteiger charge is -2.03. The Kier molecular flexibility index (Phi) is 4.78. The first kappa shape index (κ1) is 17.3. The molecule has 0 aliphatic rings. The highest BCUT2D eigenvalue weighted by molar-refractivity contribution is 5.91. The van der Waals surface area contributed by atoms with Crippen LogP contribution < -0.4 is 5.32 Å². The van der Waals surface area contributed by atoms with Gasteiger partial charge in [-0.25, -0.2) is 0 Å². The molecule has 9 nitrogen and oxygen atoms in total. The number of pyridine rings is 1. The van der Waals surface area contributed by atoms with Crippen molar-refractivity contribution < 1.29 is 14.1 Å². The maximum absolute atomic E-state index is 12.2. The molecule has 9 heteroatoms. The van der Waals surface area contributed by atoms with Crippen LogP contribution in [0.15, 0.2) is 40.9 Å². The Bertz CT molecular complexity index is 945. The van der Waals surface area contributed by atoms with E-state index in [4.69, 9.17) is 4.42 Å². The summed E-state index contributed by atoms with van der Waals surface area (Å²) in [4.78, 5) is 26.9. The molecule has 0 saturated heterocycles. The predicted octanol–water partition coefficient (Wildman–Crippen LogP) is 2.37.